The van der Waals surface area contributed by atoms with E-state index in [-0.39, 0.29) is 0 Å². The molecule has 0 unspecified atom stereocenters. The highest BCUT2D eigenvalue weighted by atomic mass is 16.5. The second kappa shape index (κ2) is 3.21. The Bertz CT molecular complexity index is 84.9. The van der Waals surface area contributed by atoms with Gasteiger partial charge in [-0.25, -0.2) is 4.79 Å². The van der Waals surface area contributed by atoms with Crippen LogP contribution >= 0.6 is 0 Å². The molecular formula is C4H5O3. The zero-order valence-electron chi connectivity index (χ0n) is 3.84. The van der Waals surface area contributed by atoms with Crippen molar-refractivity contribution in [3.05, 3.63) is 12.3 Å². The van der Waals surface area contributed by atoms with Crippen LogP contribution in [0.5, 0.6) is 0 Å². The van der Waals surface area contributed by atoms with Crippen molar-refractivity contribution in [1.29, 1.82) is 0 Å². The molecule has 0 amide bonds. The fourth-order valence-electron chi connectivity index (χ4n) is 0.112. The summed E-state index contributed by atoms with van der Waals surface area (Å²) in [6.45, 7) is 0. The maximum atomic E-state index is 9.89. The van der Waals surface area contributed by atoms with Gasteiger partial charge in [0.1, 0.15) is 6.08 Å². The van der Waals surface area contributed by atoms with E-state index in [0.29, 0.717) is 6.26 Å². The van der Waals surface area contributed by atoms with Crippen LogP contribution in [0.15, 0.2) is 6.26 Å². The predicted octanol–water partition coefficient (Wildman–Crippen LogP) is 0.0343. The van der Waals surface area contributed by atoms with E-state index >= 15 is 0 Å². The van der Waals surface area contributed by atoms with Crippen molar-refractivity contribution in [3.8, 4) is 0 Å². The SMILES string of the molecule is COC(=O)/[C]=C\O. The minimum absolute atomic E-state index is 0.506. The highest BCUT2D eigenvalue weighted by Crippen LogP contribution is 1.70. The number of carbonyl (C=O) groups excluding carboxylic acids is 1. The first-order valence-corrected chi connectivity index (χ1v) is 1.61. The van der Waals surface area contributed by atoms with E-state index in [1.807, 2.05) is 6.08 Å². The lowest BCUT2D eigenvalue weighted by molar-refractivity contribution is -0.135. The number of hydrogen-bond acceptors (Lipinski definition) is 3. The van der Waals surface area contributed by atoms with Crippen molar-refractivity contribution in [2.75, 3.05) is 7.11 Å². The summed E-state index contributed by atoms with van der Waals surface area (Å²) in [6.07, 6.45) is 2.37. The van der Waals surface area contributed by atoms with Crippen LogP contribution in [-0.4, -0.2) is 18.2 Å². The minimum Gasteiger partial charge on any atom is -0.515 e. The van der Waals surface area contributed by atoms with Gasteiger partial charge in [-0.15, -0.1) is 0 Å². The molecule has 0 aliphatic carbocycles. The lowest BCUT2D eigenvalue weighted by atomic mass is 10.6. The van der Waals surface area contributed by atoms with Gasteiger partial charge in [0.05, 0.1) is 13.4 Å². The molecule has 3 heteroatoms. The Hall–Kier alpha value is -0.990. The molecule has 1 N–H and O–H groups in total. The number of rotatable bonds is 1. The van der Waals surface area contributed by atoms with Gasteiger partial charge in [-0.3, -0.25) is 0 Å². The van der Waals surface area contributed by atoms with Crippen LogP contribution in [0, 0.1) is 6.08 Å². The quantitative estimate of drug-likeness (QED) is 0.288. The molecule has 0 saturated heterocycles. The summed E-state index contributed by atoms with van der Waals surface area (Å²) in [4.78, 5) is 9.89. The van der Waals surface area contributed by atoms with Crippen LogP contribution in [0.25, 0.3) is 0 Å². The summed E-state index contributed by atoms with van der Waals surface area (Å²) >= 11 is 0. The van der Waals surface area contributed by atoms with Crippen molar-refractivity contribution in [2.45, 2.75) is 0 Å². The second-order valence-corrected chi connectivity index (χ2v) is 0.765. The molecule has 1 radical (unpaired) electrons. The summed E-state index contributed by atoms with van der Waals surface area (Å²) in [5.74, 6) is -0.678. The predicted molar refractivity (Wildman–Crippen MR) is 22.5 cm³/mol. The third-order valence-corrected chi connectivity index (χ3v) is 0.368. The molecule has 0 aromatic heterocycles. The first-order valence-electron chi connectivity index (χ1n) is 1.61. The molecule has 3 nitrogen and oxygen atoms in total. The zero-order chi connectivity index (χ0) is 5.70. The van der Waals surface area contributed by atoms with Crippen LogP contribution in [0.2, 0.25) is 0 Å². The zero-order valence-corrected chi connectivity index (χ0v) is 3.84. The highest BCUT2D eigenvalue weighted by Gasteiger charge is 1.87. The number of hydrogen-bond donors (Lipinski definition) is 1. The fourth-order valence-corrected chi connectivity index (χ4v) is 0.112. The van der Waals surface area contributed by atoms with Crippen molar-refractivity contribution in [2.24, 2.45) is 0 Å². The maximum Gasteiger partial charge on any atom is 0.341 e. The van der Waals surface area contributed by atoms with E-state index in [1.54, 1.807) is 0 Å². The van der Waals surface area contributed by atoms with Gasteiger partial charge in [0.2, 0.25) is 0 Å². The summed E-state index contributed by atoms with van der Waals surface area (Å²) in [7, 11) is 1.21. The summed E-state index contributed by atoms with van der Waals surface area (Å²) in [6, 6.07) is 0. The molecule has 0 spiro atoms. The average molecular weight is 101 g/mol. The summed E-state index contributed by atoms with van der Waals surface area (Å²) in [5.41, 5.74) is 0. The van der Waals surface area contributed by atoms with Crippen LogP contribution < -0.4 is 0 Å². The maximum absolute atomic E-state index is 9.89. The van der Waals surface area contributed by atoms with E-state index in [1.165, 1.54) is 7.11 Å². The monoisotopic (exact) mass is 101 g/mol. The Balaban J connectivity index is 3.37. The van der Waals surface area contributed by atoms with E-state index in [9.17, 15) is 4.79 Å². The molecule has 0 atom stereocenters. The Morgan fingerprint density at radius 2 is 2.57 bits per heavy atom. The van der Waals surface area contributed by atoms with Crippen LogP contribution in [0.4, 0.5) is 0 Å². The number of methoxy groups -OCH3 is 1. The Kier molecular flexibility index (Phi) is 2.76. The Morgan fingerprint density at radius 1 is 2.00 bits per heavy atom. The van der Waals surface area contributed by atoms with Gasteiger partial charge < -0.3 is 9.84 Å². The van der Waals surface area contributed by atoms with Gasteiger partial charge >= 0.3 is 5.97 Å². The van der Waals surface area contributed by atoms with Crippen molar-refractivity contribution < 1.29 is 14.6 Å². The molecule has 0 fully saturated rings. The van der Waals surface area contributed by atoms with Crippen LogP contribution in [0.1, 0.15) is 0 Å². The van der Waals surface area contributed by atoms with Crippen LogP contribution in [-0.2, 0) is 9.53 Å². The molecule has 0 bridgehead atoms. The van der Waals surface area contributed by atoms with Gasteiger partial charge in [-0.1, -0.05) is 0 Å². The Morgan fingerprint density at radius 3 is 2.71 bits per heavy atom. The van der Waals surface area contributed by atoms with E-state index < -0.39 is 5.97 Å². The third kappa shape index (κ3) is 2.82. The second-order valence-electron chi connectivity index (χ2n) is 0.765. The summed E-state index contributed by atoms with van der Waals surface area (Å²) < 4.78 is 4.05. The average Bonchev–Trinajstić information content (AvgIpc) is 1.68. The number of aliphatic hydroxyl groups excluding tert-OH is 1. The molecule has 0 rings (SSSR count). The van der Waals surface area contributed by atoms with E-state index in [0.717, 1.165) is 0 Å². The Labute approximate surface area is 41.2 Å². The number of aliphatic hydroxyl groups is 1. The van der Waals surface area contributed by atoms with Crippen molar-refractivity contribution >= 4 is 5.97 Å². The summed E-state index contributed by atoms with van der Waals surface area (Å²) in [5, 5.41) is 7.83. The topological polar surface area (TPSA) is 46.5 Å². The van der Waals surface area contributed by atoms with Gasteiger partial charge in [-0.2, -0.15) is 0 Å². The molecule has 0 saturated carbocycles. The normalized spacial score (nSPS) is 9.29. The first kappa shape index (κ1) is 6.01. The molecule has 0 aromatic rings. The number of carbonyl (C=O) groups is 1. The van der Waals surface area contributed by atoms with Crippen molar-refractivity contribution in [3.63, 3.8) is 0 Å². The molecule has 0 heterocycles. The lowest BCUT2D eigenvalue weighted by Crippen LogP contribution is -1.93. The third-order valence-electron chi connectivity index (χ3n) is 0.368. The van der Waals surface area contributed by atoms with Gasteiger partial charge in [0.15, 0.2) is 0 Å². The molecule has 39 valence electrons. The fraction of sp³-hybridized carbons (Fsp3) is 0.250. The van der Waals surface area contributed by atoms with Gasteiger partial charge in [0, 0.05) is 0 Å². The van der Waals surface area contributed by atoms with E-state index in [2.05, 4.69) is 4.74 Å². The van der Waals surface area contributed by atoms with E-state index in [4.69, 9.17) is 5.11 Å². The smallest absolute Gasteiger partial charge is 0.341 e. The highest BCUT2D eigenvalue weighted by molar-refractivity contribution is 5.76. The molecular weight excluding hydrogens is 96.0 g/mol. The van der Waals surface area contributed by atoms with Crippen molar-refractivity contribution in [1.82, 2.24) is 0 Å². The number of esters is 1. The van der Waals surface area contributed by atoms with Gasteiger partial charge in [0.25, 0.3) is 0 Å². The standard InChI is InChI=1S/C4H5O3/c1-7-4(6)2-3-5/h3,5H,1H3. The largest absolute Gasteiger partial charge is 0.515 e. The molecule has 0 aromatic carbocycles. The minimum atomic E-state index is -0.678. The molecule has 0 aliphatic heterocycles. The molecule has 7 heavy (non-hydrogen) atoms. The lowest BCUT2D eigenvalue weighted by Gasteiger charge is -1.83. The van der Waals surface area contributed by atoms with Crippen LogP contribution in [0.3, 0.4) is 0 Å². The number of ether oxygens (including phenoxy) is 1. The first-order chi connectivity index (χ1) is 3.31. The van der Waals surface area contributed by atoms with Gasteiger partial charge in [-0.05, 0) is 0 Å². The molecule has 0 aliphatic rings.